The van der Waals surface area contributed by atoms with Crippen molar-refractivity contribution in [2.24, 2.45) is 0 Å². The maximum atomic E-state index is 11.7. The number of carboxylic acids is 1. The van der Waals surface area contributed by atoms with E-state index in [1.165, 1.54) is 12.1 Å². The van der Waals surface area contributed by atoms with Crippen LogP contribution in [0.15, 0.2) is 12.1 Å². The van der Waals surface area contributed by atoms with Gasteiger partial charge in [0.2, 0.25) is 0 Å². The van der Waals surface area contributed by atoms with E-state index in [1.54, 1.807) is 13.8 Å². The van der Waals surface area contributed by atoms with Gasteiger partial charge < -0.3 is 10.4 Å². The number of anilines is 1. The molecule has 0 saturated heterocycles. The largest absolute Gasteiger partial charge is 0.478 e. The number of rotatable bonds is 5. The molecule has 0 saturated carbocycles. The first kappa shape index (κ1) is 16.1. The number of hydrogen-bond donors (Lipinski definition) is 2. The first-order valence-electron chi connectivity index (χ1n) is 5.33. The lowest BCUT2D eigenvalue weighted by Crippen LogP contribution is -2.23. The van der Waals surface area contributed by atoms with Gasteiger partial charge >= 0.3 is 5.97 Å². The average Bonchev–Trinajstić information content (AvgIpc) is 2.29. The smallest absolute Gasteiger partial charge is 0.337 e. The van der Waals surface area contributed by atoms with Gasteiger partial charge in [0.25, 0.3) is 0 Å². The lowest BCUT2D eigenvalue weighted by Gasteiger charge is -2.13. The van der Waals surface area contributed by atoms with Gasteiger partial charge in [-0.15, -0.1) is 0 Å². The number of hydrogen-bond acceptors (Lipinski definition) is 4. The SMILES string of the molecule is CC(C)S(=O)(=O)CNc1cc(Cl)cc(C(=O)O)c1Cl. The maximum Gasteiger partial charge on any atom is 0.337 e. The minimum Gasteiger partial charge on any atom is -0.478 e. The topological polar surface area (TPSA) is 83.5 Å². The first-order valence-corrected chi connectivity index (χ1v) is 7.80. The molecule has 0 bridgehead atoms. The summed E-state index contributed by atoms with van der Waals surface area (Å²) in [5.74, 6) is -1.58. The molecule has 0 atom stereocenters. The third-order valence-electron chi connectivity index (χ3n) is 2.45. The molecule has 106 valence electrons. The van der Waals surface area contributed by atoms with E-state index in [-0.39, 0.29) is 27.2 Å². The highest BCUT2D eigenvalue weighted by Gasteiger charge is 2.18. The molecule has 2 N–H and O–H groups in total. The molecule has 0 radical (unpaired) electrons. The van der Waals surface area contributed by atoms with Gasteiger partial charge in [-0.3, -0.25) is 0 Å². The van der Waals surface area contributed by atoms with Crippen LogP contribution < -0.4 is 5.32 Å². The molecule has 19 heavy (non-hydrogen) atoms. The van der Waals surface area contributed by atoms with Crippen LogP contribution in [0.1, 0.15) is 24.2 Å². The summed E-state index contributed by atoms with van der Waals surface area (Å²) in [5, 5.41) is 11.1. The van der Waals surface area contributed by atoms with Crippen LogP contribution in [0, 0.1) is 0 Å². The van der Waals surface area contributed by atoms with Crippen molar-refractivity contribution in [3.63, 3.8) is 0 Å². The molecular weight excluding hydrogens is 313 g/mol. The molecule has 0 fully saturated rings. The summed E-state index contributed by atoms with van der Waals surface area (Å²) >= 11 is 11.7. The molecule has 1 rings (SSSR count). The van der Waals surface area contributed by atoms with E-state index >= 15 is 0 Å². The van der Waals surface area contributed by atoms with Crippen LogP contribution in [0.4, 0.5) is 5.69 Å². The summed E-state index contributed by atoms with van der Waals surface area (Å²) in [6.45, 7) is 3.11. The fraction of sp³-hybridized carbons (Fsp3) is 0.364. The van der Waals surface area contributed by atoms with Crippen molar-refractivity contribution in [2.45, 2.75) is 19.1 Å². The summed E-state index contributed by atoms with van der Waals surface area (Å²) < 4.78 is 23.3. The van der Waals surface area contributed by atoms with Crippen molar-refractivity contribution in [1.29, 1.82) is 0 Å². The van der Waals surface area contributed by atoms with Gasteiger partial charge in [-0.1, -0.05) is 23.2 Å². The summed E-state index contributed by atoms with van der Waals surface area (Å²) in [6, 6.07) is 2.58. The molecular formula is C11H13Cl2NO4S. The van der Waals surface area contributed by atoms with Crippen LogP contribution >= 0.6 is 23.2 Å². The zero-order valence-electron chi connectivity index (χ0n) is 10.3. The van der Waals surface area contributed by atoms with Crippen LogP contribution in [0.5, 0.6) is 0 Å². The second kappa shape index (κ2) is 5.98. The zero-order chi connectivity index (χ0) is 14.8. The van der Waals surface area contributed by atoms with Crippen LogP contribution in [-0.4, -0.2) is 30.6 Å². The molecule has 1 aromatic carbocycles. The molecule has 0 aliphatic rings. The molecule has 0 heterocycles. The number of carboxylic acid groups (broad SMARTS) is 1. The third-order valence-corrected chi connectivity index (χ3v) is 5.06. The highest BCUT2D eigenvalue weighted by atomic mass is 35.5. The number of halogens is 2. The van der Waals surface area contributed by atoms with Crippen LogP contribution in [0.2, 0.25) is 10.0 Å². The minimum atomic E-state index is -3.32. The van der Waals surface area contributed by atoms with E-state index in [2.05, 4.69) is 5.32 Å². The Hall–Kier alpha value is -0.980. The van der Waals surface area contributed by atoms with Gasteiger partial charge in [0.1, 0.15) is 5.88 Å². The normalized spacial score (nSPS) is 11.6. The Balaban J connectivity index is 3.06. The van der Waals surface area contributed by atoms with Gasteiger partial charge in [-0.05, 0) is 26.0 Å². The predicted molar refractivity (Wildman–Crippen MR) is 76.0 cm³/mol. The Labute approximate surface area is 121 Å². The van der Waals surface area contributed by atoms with Gasteiger partial charge in [0.05, 0.1) is 21.5 Å². The predicted octanol–water partition coefficient (Wildman–Crippen LogP) is 2.88. The number of sulfone groups is 1. The van der Waals surface area contributed by atoms with Gasteiger partial charge in [-0.25, -0.2) is 13.2 Å². The highest BCUT2D eigenvalue weighted by Crippen LogP contribution is 2.30. The third kappa shape index (κ3) is 3.99. The lowest BCUT2D eigenvalue weighted by atomic mass is 10.2. The van der Waals surface area contributed by atoms with Crippen molar-refractivity contribution >= 4 is 44.7 Å². The summed E-state index contributed by atoms with van der Waals surface area (Å²) in [6.07, 6.45) is 0. The van der Waals surface area contributed by atoms with Crippen molar-refractivity contribution in [2.75, 3.05) is 11.2 Å². The molecule has 0 unspecified atom stereocenters. The Morgan fingerprint density at radius 3 is 2.42 bits per heavy atom. The highest BCUT2D eigenvalue weighted by molar-refractivity contribution is 7.92. The number of carbonyl (C=O) groups is 1. The Morgan fingerprint density at radius 1 is 1.37 bits per heavy atom. The minimum absolute atomic E-state index is 0.0733. The molecule has 0 aromatic heterocycles. The van der Waals surface area contributed by atoms with Crippen molar-refractivity contribution in [3.05, 3.63) is 27.7 Å². The van der Waals surface area contributed by atoms with Crippen LogP contribution in [-0.2, 0) is 9.84 Å². The number of aromatic carboxylic acids is 1. The molecule has 5 nitrogen and oxygen atoms in total. The second-order valence-electron chi connectivity index (χ2n) is 4.15. The zero-order valence-corrected chi connectivity index (χ0v) is 12.6. The van der Waals surface area contributed by atoms with Crippen LogP contribution in [0.3, 0.4) is 0 Å². The van der Waals surface area contributed by atoms with Crippen molar-refractivity contribution < 1.29 is 18.3 Å². The van der Waals surface area contributed by atoms with E-state index in [0.717, 1.165) is 0 Å². The maximum absolute atomic E-state index is 11.7. The molecule has 1 aromatic rings. The fourth-order valence-corrected chi connectivity index (χ4v) is 2.38. The fourth-order valence-electron chi connectivity index (χ4n) is 1.22. The quantitative estimate of drug-likeness (QED) is 0.869. The standard InChI is InChI=1S/C11H13Cl2NO4S/c1-6(2)19(17,18)5-14-9-4-7(12)3-8(10(9)13)11(15)16/h3-4,6,14H,5H2,1-2H3,(H,15,16). The number of benzene rings is 1. The van der Waals surface area contributed by atoms with Crippen molar-refractivity contribution in [1.82, 2.24) is 0 Å². The Morgan fingerprint density at radius 2 is 1.95 bits per heavy atom. The van der Waals surface area contributed by atoms with E-state index < -0.39 is 21.1 Å². The first-order chi connectivity index (χ1) is 8.65. The second-order valence-corrected chi connectivity index (χ2v) is 7.52. The van der Waals surface area contributed by atoms with Gasteiger partial charge in [-0.2, -0.15) is 0 Å². The average molecular weight is 326 g/mol. The summed E-state index contributed by atoms with van der Waals surface area (Å²) in [5.41, 5.74) is -0.00518. The number of nitrogens with one attached hydrogen (secondary N) is 1. The van der Waals surface area contributed by atoms with Crippen LogP contribution in [0.25, 0.3) is 0 Å². The van der Waals surface area contributed by atoms with E-state index in [9.17, 15) is 13.2 Å². The van der Waals surface area contributed by atoms with E-state index in [0.29, 0.717) is 0 Å². The van der Waals surface area contributed by atoms with Crippen molar-refractivity contribution in [3.8, 4) is 0 Å². The molecule has 0 amide bonds. The van der Waals surface area contributed by atoms with Gasteiger partial charge in [0.15, 0.2) is 9.84 Å². The van der Waals surface area contributed by atoms with Gasteiger partial charge in [0, 0.05) is 5.02 Å². The Kier molecular flexibility index (Phi) is 5.06. The molecule has 8 heteroatoms. The van der Waals surface area contributed by atoms with E-state index in [4.69, 9.17) is 28.3 Å². The summed E-state index contributed by atoms with van der Waals surface area (Å²) in [7, 11) is -3.32. The molecule has 0 aliphatic carbocycles. The summed E-state index contributed by atoms with van der Waals surface area (Å²) in [4.78, 5) is 10.9. The monoisotopic (exact) mass is 325 g/mol. The molecule has 0 spiro atoms. The molecule has 0 aliphatic heterocycles. The lowest BCUT2D eigenvalue weighted by molar-refractivity contribution is 0.0697. The Bertz CT molecular complexity index is 599. The van der Waals surface area contributed by atoms with E-state index in [1.807, 2.05) is 0 Å².